The van der Waals surface area contributed by atoms with Crippen LogP contribution in [0.5, 0.6) is 11.6 Å². The second kappa shape index (κ2) is 15.8. The average molecular weight is 793 g/mol. The average Bonchev–Trinajstić information content (AvgIpc) is 4.14. The third-order valence-corrected chi connectivity index (χ3v) is 13.4. The van der Waals surface area contributed by atoms with E-state index in [9.17, 15) is 22.8 Å². The highest BCUT2D eigenvalue weighted by atomic mass is 32.2. The van der Waals surface area contributed by atoms with Gasteiger partial charge in [-0.3, -0.25) is 24.1 Å². The number of hydrogen-bond acceptors (Lipinski definition) is 10. The molecule has 5 atom stereocenters. The number of fused-ring (bicyclic) bond motifs is 3. The highest BCUT2D eigenvalue weighted by molar-refractivity contribution is 7.91. The summed E-state index contributed by atoms with van der Waals surface area (Å²) < 4.78 is 40.5. The van der Waals surface area contributed by atoms with Gasteiger partial charge in [0.25, 0.3) is 5.91 Å². The van der Waals surface area contributed by atoms with Crippen molar-refractivity contribution in [1.29, 1.82) is 0 Å². The van der Waals surface area contributed by atoms with E-state index in [-0.39, 0.29) is 25.3 Å². The quantitative estimate of drug-likeness (QED) is 0.186. The van der Waals surface area contributed by atoms with Gasteiger partial charge in [-0.1, -0.05) is 49.3 Å². The normalized spacial score (nSPS) is 25.3. The van der Waals surface area contributed by atoms with Gasteiger partial charge in [-0.05, 0) is 98.9 Å². The molecule has 0 spiro atoms. The van der Waals surface area contributed by atoms with Crippen LogP contribution in [0.4, 0.5) is 5.69 Å². The summed E-state index contributed by atoms with van der Waals surface area (Å²) in [5.41, 5.74) is 1.45. The summed E-state index contributed by atoms with van der Waals surface area (Å²) in [6.07, 6.45) is 10.1. The zero-order chi connectivity index (χ0) is 39.7. The number of nitrogens with zero attached hydrogens (tertiary/aromatic N) is 3. The van der Waals surface area contributed by atoms with Crippen LogP contribution in [0.25, 0.3) is 22.2 Å². The highest BCUT2D eigenvalue weighted by Gasteiger charge is 2.62. The number of para-hydroxylation sites is 1. The first-order valence-corrected chi connectivity index (χ1v) is 21.3. The molecule has 57 heavy (non-hydrogen) atoms. The predicted octanol–water partition coefficient (Wildman–Crippen LogP) is 5.45. The third-order valence-electron chi connectivity index (χ3n) is 11.6. The van der Waals surface area contributed by atoms with E-state index in [4.69, 9.17) is 14.5 Å². The molecule has 2 saturated carbocycles. The molecule has 0 radical (unpaired) electrons. The molecule has 298 valence electrons. The van der Waals surface area contributed by atoms with Gasteiger partial charge in [0, 0.05) is 29.6 Å². The first-order valence-electron chi connectivity index (χ1n) is 19.8. The number of sulfonamides is 1. The molecular formula is C43H48N6O7S. The molecule has 0 unspecified atom stereocenters. The Morgan fingerprint density at radius 3 is 2.53 bits per heavy atom. The fourth-order valence-electron chi connectivity index (χ4n) is 8.12. The van der Waals surface area contributed by atoms with E-state index >= 15 is 0 Å². The standard InChI is InChI=1S/C43H48N6O7S/c1-27-33-24-36(34-16-11-12-22-44-34)46-40(32(33)20-21-38(27)55-2)56-30-23-37-39(50)47-43(42(52)48-57(53,54)31-18-19-31)25-28(43)13-7-4-3-5-10-17-35(41(51)49(37)26-30)45-29-14-8-6-9-15-29/h6-9,11-16,20-22,24,28,30-31,35,37,45H,3-5,10,17-19,23,25-26H2,1-2H3,(H,47,50)(H,48,52)/t28-,30-,35+,37+,43-/m1/s1. The van der Waals surface area contributed by atoms with E-state index in [1.54, 1.807) is 18.2 Å². The van der Waals surface area contributed by atoms with Gasteiger partial charge in [0.2, 0.25) is 27.7 Å². The molecule has 4 heterocycles. The van der Waals surface area contributed by atoms with E-state index in [1.807, 2.05) is 85.8 Å². The molecule has 1 saturated heterocycles. The number of aryl methyl sites for hydroxylation is 1. The number of carbonyl (C=O) groups is 3. The summed E-state index contributed by atoms with van der Waals surface area (Å²) in [4.78, 5) is 54.2. The van der Waals surface area contributed by atoms with E-state index in [1.165, 1.54) is 0 Å². The molecule has 2 aromatic heterocycles. The Hall–Kier alpha value is -5.50. The van der Waals surface area contributed by atoms with Crippen molar-refractivity contribution in [1.82, 2.24) is 24.9 Å². The molecule has 2 aliphatic carbocycles. The largest absolute Gasteiger partial charge is 0.496 e. The maximum atomic E-state index is 14.8. The van der Waals surface area contributed by atoms with Gasteiger partial charge < -0.3 is 25.0 Å². The lowest BCUT2D eigenvalue weighted by atomic mass is 10.0. The van der Waals surface area contributed by atoms with Crippen LogP contribution in [0.1, 0.15) is 63.4 Å². The number of ether oxygens (including phenoxy) is 2. The van der Waals surface area contributed by atoms with Crippen LogP contribution in [-0.2, 0) is 24.4 Å². The lowest BCUT2D eigenvalue weighted by Crippen LogP contribution is -2.57. The topological polar surface area (TPSA) is 169 Å². The van der Waals surface area contributed by atoms with E-state index < -0.39 is 56.7 Å². The Bertz CT molecular complexity index is 2300. The highest BCUT2D eigenvalue weighted by Crippen LogP contribution is 2.46. The molecule has 13 nitrogen and oxygen atoms in total. The van der Waals surface area contributed by atoms with Crippen molar-refractivity contribution in [3.05, 3.63) is 90.6 Å². The van der Waals surface area contributed by atoms with Crippen molar-refractivity contribution in [2.24, 2.45) is 5.92 Å². The minimum absolute atomic E-state index is 0.0780. The number of anilines is 1. The molecule has 4 aromatic rings. The van der Waals surface area contributed by atoms with E-state index in [0.29, 0.717) is 42.3 Å². The number of allylic oxidation sites excluding steroid dienone is 1. The maximum absolute atomic E-state index is 14.8. The van der Waals surface area contributed by atoms with Gasteiger partial charge in [-0.2, -0.15) is 0 Å². The number of pyridine rings is 2. The monoisotopic (exact) mass is 792 g/mol. The van der Waals surface area contributed by atoms with Crippen LogP contribution < -0.4 is 24.8 Å². The lowest BCUT2D eigenvalue weighted by Gasteiger charge is -2.30. The van der Waals surface area contributed by atoms with E-state index in [0.717, 1.165) is 47.7 Å². The number of carbonyl (C=O) groups excluding carboxylic acids is 3. The van der Waals surface area contributed by atoms with Gasteiger partial charge in [0.1, 0.15) is 29.5 Å². The molecule has 8 rings (SSSR count). The Labute approximate surface area is 332 Å². The number of aromatic nitrogens is 2. The van der Waals surface area contributed by atoms with Crippen molar-refractivity contribution in [3.63, 3.8) is 0 Å². The summed E-state index contributed by atoms with van der Waals surface area (Å²) in [6.45, 7) is 2.04. The van der Waals surface area contributed by atoms with E-state index in [2.05, 4.69) is 20.3 Å². The van der Waals surface area contributed by atoms with Gasteiger partial charge in [-0.25, -0.2) is 13.4 Å². The molecular weight excluding hydrogens is 745 g/mol. The Balaban J connectivity index is 1.15. The molecule has 3 amide bonds. The predicted molar refractivity (Wildman–Crippen MR) is 216 cm³/mol. The smallest absolute Gasteiger partial charge is 0.259 e. The van der Waals surface area contributed by atoms with Gasteiger partial charge in [-0.15, -0.1) is 0 Å². The summed E-state index contributed by atoms with van der Waals surface area (Å²) in [5.74, 6) is -0.919. The summed E-state index contributed by atoms with van der Waals surface area (Å²) in [7, 11) is -2.25. The summed E-state index contributed by atoms with van der Waals surface area (Å²) >= 11 is 0. The van der Waals surface area contributed by atoms with Crippen LogP contribution >= 0.6 is 0 Å². The number of rotatable bonds is 9. The Morgan fingerprint density at radius 2 is 1.77 bits per heavy atom. The zero-order valence-electron chi connectivity index (χ0n) is 32.1. The number of methoxy groups -OCH3 is 1. The molecule has 14 heteroatoms. The minimum Gasteiger partial charge on any atom is -0.496 e. The van der Waals surface area contributed by atoms with Crippen molar-refractivity contribution in [2.45, 2.75) is 93.7 Å². The van der Waals surface area contributed by atoms with Crippen molar-refractivity contribution >= 4 is 44.2 Å². The van der Waals surface area contributed by atoms with Crippen LogP contribution in [0.2, 0.25) is 0 Å². The number of hydrogen-bond donors (Lipinski definition) is 3. The first kappa shape index (κ1) is 38.4. The number of nitrogens with one attached hydrogen (secondary N) is 3. The molecule has 0 bridgehead atoms. The van der Waals surface area contributed by atoms with Crippen molar-refractivity contribution < 1.29 is 32.3 Å². The minimum atomic E-state index is -3.87. The van der Waals surface area contributed by atoms with Crippen LogP contribution in [-0.4, -0.2) is 83.6 Å². The van der Waals surface area contributed by atoms with Crippen molar-refractivity contribution in [2.75, 3.05) is 19.0 Å². The summed E-state index contributed by atoms with van der Waals surface area (Å²) in [6, 6.07) is 19.1. The number of amides is 3. The van der Waals surface area contributed by atoms with Crippen LogP contribution in [0, 0.1) is 12.8 Å². The Morgan fingerprint density at radius 1 is 0.965 bits per heavy atom. The third kappa shape index (κ3) is 8.05. The van der Waals surface area contributed by atoms with Crippen molar-refractivity contribution in [3.8, 4) is 23.0 Å². The van der Waals surface area contributed by atoms with Gasteiger partial charge in [0.15, 0.2) is 0 Å². The SMILES string of the molecule is COc1ccc2c(O[C@@H]3C[C@H]4C(=O)N[C@]5(C(=O)NS(=O)(=O)C6CC6)C[C@H]5C=CCCCCC[C@H](Nc5ccccc5)C(=O)N4C3)nc(-c3ccccn3)cc2c1C. The molecule has 4 aliphatic rings. The fourth-order valence-corrected chi connectivity index (χ4v) is 9.48. The maximum Gasteiger partial charge on any atom is 0.259 e. The molecule has 3 fully saturated rings. The molecule has 2 aliphatic heterocycles. The lowest BCUT2D eigenvalue weighted by molar-refractivity contribution is -0.140. The van der Waals surface area contributed by atoms with Gasteiger partial charge in [0.05, 0.1) is 30.3 Å². The fraction of sp³-hybridized carbons (Fsp3) is 0.419. The van der Waals surface area contributed by atoms with Crippen LogP contribution in [0.3, 0.4) is 0 Å². The molecule has 2 aromatic carbocycles. The molecule has 3 N–H and O–H groups in total. The van der Waals surface area contributed by atoms with Gasteiger partial charge >= 0.3 is 0 Å². The second-order valence-electron chi connectivity index (χ2n) is 15.6. The van der Waals surface area contributed by atoms with Crippen LogP contribution in [0.15, 0.2) is 85.1 Å². The second-order valence-corrected chi connectivity index (χ2v) is 17.5. The first-order chi connectivity index (χ1) is 27.6. The number of benzene rings is 2. The Kier molecular flexibility index (Phi) is 10.6. The summed E-state index contributed by atoms with van der Waals surface area (Å²) in [5, 5.41) is 7.38. The zero-order valence-corrected chi connectivity index (χ0v) is 33.0.